The summed E-state index contributed by atoms with van der Waals surface area (Å²) in [6.07, 6.45) is 83.6. The molecule has 0 amide bonds. The number of hydrogen-bond acceptors (Lipinski definition) is 6. The number of carbonyl (C=O) groups is 3. The summed E-state index contributed by atoms with van der Waals surface area (Å²) in [5.41, 5.74) is 0. The summed E-state index contributed by atoms with van der Waals surface area (Å²) in [4.78, 5) is 38.3. The van der Waals surface area contributed by atoms with Crippen molar-refractivity contribution in [3.63, 3.8) is 0 Å². The van der Waals surface area contributed by atoms with Crippen molar-refractivity contribution in [1.29, 1.82) is 0 Å². The van der Waals surface area contributed by atoms with Crippen LogP contribution in [0.1, 0.15) is 335 Å². The predicted molar refractivity (Wildman–Crippen MR) is 330 cm³/mol. The van der Waals surface area contributed by atoms with Crippen LogP contribution in [0.15, 0.2) is 72.9 Å². The van der Waals surface area contributed by atoms with Crippen molar-refractivity contribution in [2.45, 2.75) is 341 Å². The highest BCUT2D eigenvalue weighted by atomic mass is 16.6. The first kappa shape index (κ1) is 72.8. The molecule has 1 atom stereocenters. The number of unbranched alkanes of at least 4 members (excludes halogenated alkanes) is 37. The van der Waals surface area contributed by atoms with E-state index < -0.39 is 6.10 Å². The highest BCUT2D eigenvalue weighted by molar-refractivity contribution is 5.71. The first-order chi connectivity index (χ1) is 37.5. The molecule has 0 radical (unpaired) electrons. The molecular weight excluding hydrogens is 937 g/mol. The Morgan fingerprint density at radius 1 is 0.276 bits per heavy atom. The quantitative estimate of drug-likeness (QED) is 0.0261. The van der Waals surface area contributed by atoms with Crippen molar-refractivity contribution < 1.29 is 28.6 Å². The molecule has 0 saturated heterocycles. The van der Waals surface area contributed by atoms with E-state index in [9.17, 15) is 14.4 Å². The first-order valence-corrected chi connectivity index (χ1v) is 32.9. The largest absolute Gasteiger partial charge is 0.462 e. The van der Waals surface area contributed by atoms with Crippen LogP contribution >= 0.6 is 0 Å². The maximum absolute atomic E-state index is 12.9. The Balaban J connectivity index is 4.22. The van der Waals surface area contributed by atoms with Crippen LogP contribution in [-0.4, -0.2) is 37.2 Å². The van der Waals surface area contributed by atoms with Gasteiger partial charge in [0.2, 0.25) is 0 Å². The van der Waals surface area contributed by atoms with Gasteiger partial charge in [-0.2, -0.15) is 0 Å². The van der Waals surface area contributed by atoms with Gasteiger partial charge >= 0.3 is 17.9 Å². The van der Waals surface area contributed by atoms with Crippen LogP contribution in [-0.2, 0) is 28.6 Å². The molecule has 0 fully saturated rings. The van der Waals surface area contributed by atoms with Crippen LogP contribution in [0.2, 0.25) is 0 Å². The third-order valence-corrected chi connectivity index (χ3v) is 14.5. The third kappa shape index (κ3) is 61.7. The molecule has 0 saturated carbocycles. The smallest absolute Gasteiger partial charge is 0.306 e. The molecule has 76 heavy (non-hydrogen) atoms. The van der Waals surface area contributed by atoms with E-state index in [1.54, 1.807) is 0 Å². The van der Waals surface area contributed by atoms with Crippen LogP contribution in [0.5, 0.6) is 0 Å². The third-order valence-electron chi connectivity index (χ3n) is 14.5. The monoisotopic (exact) mass is 1060 g/mol. The van der Waals surface area contributed by atoms with Gasteiger partial charge in [0.1, 0.15) is 13.2 Å². The van der Waals surface area contributed by atoms with E-state index in [0.29, 0.717) is 19.3 Å². The fourth-order valence-electron chi connectivity index (χ4n) is 9.59. The number of carbonyl (C=O) groups excluding carboxylic acids is 3. The van der Waals surface area contributed by atoms with Gasteiger partial charge in [-0.05, 0) is 83.5 Å². The van der Waals surface area contributed by atoms with Gasteiger partial charge in [-0.25, -0.2) is 0 Å². The standard InChI is InChI=1S/C70H124O6/c1-4-7-10-13-16-19-22-25-28-29-30-31-32-33-34-35-36-37-38-39-40-43-45-48-51-54-57-60-63-69(72)75-66-67(76-70(73)64-61-58-55-52-49-46-42-27-24-21-18-15-12-9-6-3)65-74-68(71)62-59-56-53-50-47-44-41-26-23-20-17-14-11-8-5-2/h8-9,11-12,17-18,20-21,26-27,41-42,67H,4-7,10,13-16,19,22-25,28-40,43-66H2,1-3H3/b11-8-,12-9-,20-17-,21-18-,41-26-,42-27-. The highest BCUT2D eigenvalue weighted by Crippen LogP contribution is 2.18. The van der Waals surface area contributed by atoms with Gasteiger partial charge in [-0.1, -0.05) is 306 Å². The maximum atomic E-state index is 12.9. The summed E-state index contributed by atoms with van der Waals surface area (Å²) in [6.45, 7) is 6.43. The summed E-state index contributed by atoms with van der Waals surface area (Å²) >= 11 is 0. The van der Waals surface area contributed by atoms with E-state index in [-0.39, 0.29) is 31.1 Å². The Morgan fingerprint density at radius 3 is 0.803 bits per heavy atom. The second-order valence-electron chi connectivity index (χ2n) is 22.0. The minimum Gasteiger partial charge on any atom is -0.462 e. The van der Waals surface area contributed by atoms with Crippen molar-refractivity contribution in [1.82, 2.24) is 0 Å². The highest BCUT2D eigenvalue weighted by Gasteiger charge is 2.19. The SMILES string of the molecule is CC/C=C\C/C=C\C/C=C\CCCCCCCC(=O)OCC(COC(=O)CCCCCCCCCCCCCCCCCCCCCCCCCCCCCC)OC(=O)CCCCCCC/C=C\C/C=C\C/C=C\CC. The van der Waals surface area contributed by atoms with E-state index in [4.69, 9.17) is 14.2 Å². The Labute approximate surface area is 472 Å². The van der Waals surface area contributed by atoms with Crippen molar-refractivity contribution in [2.24, 2.45) is 0 Å². The zero-order valence-electron chi connectivity index (χ0n) is 50.5. The molecule has 0 heterocycles. The molecule has 0 aliphatic heterocycles. The molecule has 1 unspecified atom stereocenters. The molecule has 0 aliphatic carbocycles. The number of allylic oxidation sites excluding steroid dienone is 12. The van der Waals surface area contributed by atoms with Crippen LogP contribution < -0.4 is 0 Å². The zero-order chi connectivity index (χ0) is 55.0. The summed E-state index contributed by atoms with van der Waals surface area (Å²) in [6, 6.07) is 0. The van der Waals surface area contributed by atoms with Gasteiger partial charge < -0.3 is 14.2 Å². The minimum atomic E-state index is -0.792. The molecule has 0 bridgehead atoms. The van der Waals surface area contributed by atoms with Gasteiger partial charge in [0.05, 0.1) is 0 Å². The van der Waals surface area contributed by atoms with E-state index >= 15 is 0 Å². The normalized spacial score (nSPS) is 12.5. The minimum absolute atomic E-state index is 0.0857. The van der Waals surface area contributed by atoms with Crippen LogP contribution in [0, 0.1) is 0 Å². The fraction of sp³-hybridized carbons (Fsp3) is 0.786. The average molecular weight is 1060 g/mol. The van der Waals surface area contributed by atoms with E-state index in [1.807, 2.05) is 0 Å². The number of ether oxygens (including phenoxy) is 3. The lowest BCUT2D eigenvalue weighted by Crippen LogP contribution is -2.30. The second-order valence-corrected chi connectivity index (χ2v) is 22.0. The molecule has 0 spiro atoms. The van der Waals surface area contributed by atoms with Gasteiger partial charge in [0.25, 0.3) is 0 Å². The maximum Gasteiger partial charge on any atom is 0.306 e. The van der Waals surface area contributed by atoms with Crippen molar-refractivity contribution in [3.05, 3.63) is 72.9 Å². The Kier molecular flexibility index (Phi) is 61.7. The van der Waals surface area contributed by atoms with Crippen LogP contribution in [0.4, 0.5) is 0 Å². The summed E-state index contributed by atoms with van der Waals surface area (Å²) in [7, 11) is 0. The van der Waals surface area contributed by atoms with E-state index in [1.165, 1.54) is 161 Å². The number of hydrogen-bond donors (Lipinski definition) is 0. The molecule has 0 aromatic rings. The number of rotatable bonds is 60. The van der Waals surface area contributed by atoms with Gasteiger partial charge in [0, 0.05) is 19.3 Å². The lowest BCUT2D eigenvalue weighted by atomic mass is 10.0. The van der Waals surface area contributed by atoms with E-state index in [0.717, 1.165) is 135 Å². The van der Waals surface area contributed by atoms with Crippen molar-refractivity contribution >= 4 is 17.9 Å². The van der Waals surface area contributed by atoms with E-state index in [2.05, 4.69) is 93.7 Å². The first-order valence-electron chi connectivity index (χ1n) is 32.9. The second kappa shape index (κ2) is 64.4. The Morgan fingerprint density at radius 2 is 0.513 bits per heavy atom. The summed E-state index contributed by atoms with van der Waals surface area (Å²) in [5.74, 6) is -0.906. The lowest BCUT2D eigenvalue weighted by Gasteiger charge is -2.18. The lowest BCUT2D eigenvalue weighted by molar-refractivity contribution is -0.167. The summed E-state index contributed by atoms with van der Waals surface area (Å²) < 4.78 is 16.9. The molecule has 440 valence electrons. The van der Waals surface area contributed by atoms with Crippen molar-refractivity contribution in [2.75, 3.05) is 13.2 Å². The average Bonchev–Trinajstić information content (AvgIpc) is 3.42. The fourth-order valence-corrected chi connectivity index (χ4v) is 9.59. The number of esters is 3. The Hall–Kier alpha value is -3.15. The molecule has 0 N–H and O–H groups in total. The zero-order valence-corrected chi connectivity index (χ0v) is 50.5. The van der Waals surface area contributed by atoms with Gasteiger partial charge in [-0.15, -0.1) is 0 Å². The molecule has 0 aliphatic rings. The molecule has 0 aromatic heterocycles. The molecule has 6 nitrogen and oxygen atoms in total. The molecule has 6 heteroatoms. The summed E-state index contributed by atoms with van der Waals surface area (Å²) in [5, 5.41) is 0. The Bertz CT molecular complexity index is 1400. The molecule has 0 aromatic carbocycles. The topological polar surface area (TPSA) is 78.9 Å². The van der Waals surface area contributed by atoms with Crippen LogP contribution in [0.25, 0.3) is 0 Å². The van der Waals surface area contributed by atoms with Gasteiger partial charge in [-0.3, -0.25) is 14.4 Å². The van der Waals surface area contributed by atoms with Crippen molar-refractivity contribution in [3.8, 4) is 0 Å². The predicted octanol–water partition coefficient (Wildman–Crippen LogP) is 22.5. The molecular formula is C70H124O6. The van der Waals surface area contributed by atoms with Crippen LogP contribution in [0.3, 0.4) is 0 Å². The molecule has 0 rings (SSSR count). The van der Waals surface area contributed by atoms with Gasteiger partial charge in [0.15, 0.2) is 6.10 Å².